The molecule has 1 fully saturated rings. The van der Waals surface area contributed by atoms with Crippen molar-refractivity contribution < 1.29 is 97.8 Å². The number of rotatable bonds is 33. The third-order valence-electron chi connectivity index (χ3n) is 10.5. The molecule has 1 aliphatic heterocycles. The van der Waals surface area contributed by atoms with Gasteiger partial charge in [0.05, 0.1) is 44.6 Å². The van der Waals surface area contributed by atoms with E-state index in [-0.39, 0.29) is 44.7 Å². The molecule has 74 heavy (non-hydrogen) atoms. The number of hydrogen-bond acceptors (Lipinski definition) is 18. The molecule has 0 radical (unpaired) electrons. The van der Waals surface area contributed by atoms with Crippen LogP contribution in [-0.2, 0) is 67.1 Å². The van der Waals surface area contributed by atoms with Crippen molar-refractivity contribution in [3.63, 3.8) is 0 Å². The Kier molecular flexibility index (Phi) is 26.9. The second kappa shape index (κ2) is 31.2. The van der Waals surface area contributed by atoms with Crippen molar-refractivity contribution in [3.05, 3.63) is 0 Å². The monoisotopic (exact) mass is 1060 g/mol. The molecule has 1 aliphatic rings. The number of nitrogens with zero attached hydrogens (tertiary/aromatic N) is 2. The number of likely N-dealkylation sites (tertiary alicyclic amines) is 1. The highest BCUT2D eigenvalue weighted by Crippen LogP contribution is 2.20. The number of primary amides is 1. The van der Waals surface area contributed by atoms with Crippen LogP contribution in [0.25, 0.3) is 0 Å². The predicted molar refractivity (Wildman–Crippen MR) is 246 cm³/mol. The van der Waals surface area contributed by atoms with Crippen molar-refractivity contribution in [2.45, 2.75) is 132 Å². The minimum atomic E-state index is -1.98. The molecule has 0 unspecified atom stereocenters. The lowest BCUT2D eigenvalue weighted by molar-refractivity contribution is -0.146. The molecule has 10 amide bonds. The number of amides is 10. The molecule has 414 valence electrons. The number of carboxylic acids is 4. The molecule has 1 saturated heterocycles. The molecule has 34 heteroatoms. The fourth-order valence-corrected chi connectivity index (χ4v) is 6.74. The molecule has 10 atom stereocenters. The summed E-state index contributed by atoms with van der Waals surface area (Å²) in [7, 11) is 0. The van der Waals surface area contributed by atoms with Crippen molar-refractivity contribution in [1.82, 2.24) is 47.4 Å². The Labute approximate surface area is 419 Å². The number of guanidine groups is 1. The number of hydrogen-bond donors (Lipinski definition) is 18. The van der Waals surface area contributed by atoms with Gasteiger partial charge < -0.3 is 101 Å². The highest BCUT2D eigenvalue weighted by atomic mass is 16.4. The number of carbonyl (C=O) groups excluding carboxylic acids is 10. The molecule has 34 nitrogen and oxygen atoms in total. The molecule has 22 N–H and O–H groups in total. The van der Waals surface area contributed by atoms with Crippen LogP contribution in [0.3, 0.4) is 0 Å². The first-order chi connectivity index (χ1) is 34.5. The molecule has 1 rings (SSSR count). The van der Waals surface area contributed by atoms with Gasteiger partial charge in [-0.2, -0.15) is 0 Å². The standard InChI is InChI=1S/C40H64N14O20/c1-16(31(65)52-23(15-55)36(70)50-22(13-29(63)64)35(69)53-30(17(2)56)39(73)74)47-34(68)19(5-3-9-45-40(43)44)48-26(58)14-46-33(67)21(12-25(42)57)51-37(71)24-6-4-10-54(24)38(72)20(7-8-27(59)60)49-32(66)18(41)11-28(61)62/h16-24,30,55-56H,3-15,41H2,1-2H3,(H2,42,57)(H,46,67)(H,47,68)(H,48,58)(H,49,66)(H,50,70)(H,51,71)(H,52,65)(H,53,69)(H,59,60)(H,61,62)(H,63,64)(H,73,74)(H4,43,44,45)/t16-,17+,18-,19-,20-,21-,22-,23-,24-,30-/m0/s1. The predicted octanol–water partition coefficient (Wildman–Crippen LogP) is -9.96. The van der Waals surface area contributed by atoms with Gasteiger partial charge >= 0.3 is 23.9 Å². The molecule has 0 spiro atoms. The van der Waals surface area contributed by atoms with Gasteiger partial charge in [0, 0.05) is 19.5 Å². The van der Waals surface area contributed by atoms with E-state index < -0.39 is 189 Å². The number of aliphatic imine (C=N–C) groups is 1. The average Bonchev–Trinajstić information content (AvgIpc) is 3.80. The SMILES string of the molecule is C[C@H](NC(=O)[C@H](CCCN=C(N)N)NC(=O)CNC(=O)[C@H](CC(N)=O)NC(=O)[C@@H]1CCCN1C(=O)[C@H](CCC(=O)O)NC(=O)[C@@H](N)CC(=O)O)C(=O)N[C@@H](CO)C(=O)N[C@@H](CC(=O)O)C(=O)N[C@H](C(=O)O)[C@@H](C)O. The van der Waals surface area contributed by atoms with Crippen molar-refractivity contribution in [2.24, 2.45) is 27.9 Å². The molecule has 0 aromatic rings. The molecule has 1 heterocycles. The number of nitrogens with one attached hydrogen (secondary N) is 8. The Morgan fingerprint density at radius 2 is 1.20 bits per heavy atom. The molecule has 0 aromatic heterocycles. The summed E-state index contributed by atoms with van der Waals surface area (Å²) in [4.78, 5) is 181. The van der Waals surface area contributed by atoms with E-state index in [0.717, 1.165) is 18.7 Å². The van der Waals surface area contributed by atoms with Crippen molar-refractivity contribution in [3.8, 4) is 0 Å². The summed E-state index contributed by atoms with van der Waals surface area (Å²) >= 11 is 0. The molecule has 0 saturated carbocycles. The van der Waals surface area contributed by atoms with E-state index in [4.69, 9.17) is 28.0 Å². The number of nitrogens with two attached hydrogens (primary N) is 4. The van der Waals surface area contributed by atoms with Gasteiger partial charge in [-0.1, -0.05) is 0 Å². The van der Waals surface area contributed by atoms with Crippen molar-refractivity contribution >= 4 is 88.9 Å². The summed E-state index contributed by atoms with van der Waals surface area (Å²) in [6.45, 7) is -0.144. The molecule has 0 bridgehead atoms. The first-order valence-corrected chi connectivity index (χ1v) is 22.4. The van der Waals surface area contributed by atoms with Crippen LogP contribution in [0.5, 0.6) is 0 Å². The summed E-state index contributed by atoms with van der Waals surface area (Å²) in [5.41, 5.74) is 21.6. The van der Waals surface area contributed by atoms with Gasteiger partial charge in [-0.15, -0.1) is 0 Å². The first-order valence-electron chi connectivity index (χ1n) is 22.4. The Morgan fingerprint density at radius 1 is 0.635 bits per heavy atom. The molecule has 0 aromatic carbocycles. The fourth-order valence-electron chi connectivity index (χ4n) is 6.74. The Bertz CT molecular complexity index is 2140. The smallest absolute Gasteiger partial charge is 0.328 e. The molecular weight excluding hydrogens is 997 g/mol. The highest BCUT2D eigenvalue weighted by Gasteiger charge is 2.40. The van der Waals surface area contributed by atoms with E-state index in [0.29, 0.717) is 0 Å². The molecule has 0 aliphatic carbocycles. The van der Waals surface area contributed by atoms with Gasteiger partial charge in [0.25, 0.3) is 0 Å². The quantitative estimate of drug-likeness (QED) is 0.0165. The van der Waals surface area contributed by atoms with Gasteiger partial charge in [-0.05, 0) is 46.0 Å². The first kappa shape index (κ1) is 63.7. The lowest BCUT2D eigenvalue weighted by Crippen LogP contribution is -2.60. The highest BCUT2D eigenvalue weighted by molar-refractivity contribution is 5.99. The third kappa shape index (κ3) is 22.9. The van der Waals surface area contributed by atoms with Gasteiger partial charge in [-0.25, -0.2) is 4.79 Å². The second-order valence-electron chi connectivity index (χ2n) is 16.6. The van der Waals surface area contributed by atoms with Crippen LogP contribution in [0.2, 0.25) is 0 Å². The Hall–Kier alpha value is -8.27. The fraction of sp³-hybridized carbons (Fsp3) is 0.625. The number of carbonyl (C=O) groups is 14. The lowest BCUT2D eigenvalue weighted by Gasteiger charge is -2.30. The maximum atomic E-state index is 13.6. The largest absolute Gasteiger partial charge is 0.481 e. The zero-order valence-electron chi connectivity index (χ0n) is 40.1. The lowest BCUT2D eigenvalue weighted by atomic mass is 10.1. The maximum absolute atomic E-state index is 13.6. The average molecular weight is 1060 g/mol. The van der Waals surface area contributed by atoms with Gasteiger partial charge in [0.1, 0.15) is 42.3 Å². The number of carboxylic acid groups (broad SMARTS) is 4. The number of aliphatic hydroxyl groups excluding tert-OH is 2. The van der Waals surface area contributed by atoms with E-state index in [2.05, 4.69) is 36.9 Å². The van der Waals surface area contributed by atoms with Crippen LogP contribution in [0, 0.1) is 0 Å². The molecular formula is C40H64N14O20. The summed E-state index contributed by atoms with van der Waals surface area (Å²) in [6, 6.07) is -15.2. The summed E-state index contributed by atoms with van der Waals surface area (Å²) in [5, 5.41) is 73.4. The zero-order chi connectivity index (χ0) is 56.6. The summed E-state index contributed by atoms with van der Waals surface area (Å²) < 4.78 is 0. The van der Waals surface area contributed by atoms with Crippen LogP contribution < -0.4 is 65.5 Å². The van der Waals surface area contributed by atoms with Gasteiger partial charge in [0.2, 0.25) is 59.1 Å². The van der Waals surface area contributed by atoms with Gasteiger partial charge in [0.15, 0.2) is 12.0 Å². The minimum absolute atomic E-state index is 0.0177. The van der Waals surface area contributed by atoms with E-state index in [1.54, 1.807) is 0 Å². The van der Waals surface area contributed by atoms with E-state index in [1.165, 1.54) is 0 Å². The summed E-state index contributed by atoms with van der Waals surface area (Å²) in [6.07, 6.45) is -5.61. The maximum Gasteiger partial charge on any atom is 0.328 e. The number of aliphatic carboxylic acids is 4. The summed E-state index contributed by atoms with van der Waals surface area (Å²) in [5.74, 6) is -17.8. The normalized spacial score (nSPS) is 16.5. The van der Waals surface area contributed by atoms with Crippen molar-refractivity contribution in [1.29, 1.82) is 0 Å². The Balaban J connectivity index is 3.16. The van der Waals surface area contributed by atoms with E-state index >= 15 is 0 Å². The second-order valence-corrected chi connectivity index (χ2v) is 16.6. The zero-order valence-corrected chi connectivity index (χ0v) is 40.1. The number of aliphatic hydroxyl groups is 2. The van der Waals surface area contributed by atoms with Crippen LogP contribution in [0.1, 0.15) is 71.6 Å². The minimum Gasteiger partial charge on any atom is -0.481 e. The Morgan fingerprint density at radius 3 is 1.74 bits per heavy atom. The topological polar surface area (TPSA) is 576 Å². The van der Waals surface area contributed by atoms with Crippen LogP contribution in [0.15, 0.2) is 4.99 Å². The van der Waals surface area contributed by atoms with Gasteiger partial charge in [-0.3, -0.25) is 67.3 Å². The van der Waals surface area contributed by atoms with E-state index in [1.807, 2.05) is 10.6 Å². The van der Waals surface area contributed by atoms with Crippen LogP contribution in [0.4, 0.5) is 0 Å². The van der Waals surface area contributed by atoms with E-state index in [9.17, 15) is 92.7 Å². The third-order valence-corrected chi connectivity index (χ3v) is 10.5. The van der Waals surface area contributed by atoms with Crippen molar-refractivity contribution in [2.75, 3.05) is 26.2 Å². The van der Waals surface area contributed by atoms with Crippen LogP contribution >= 0.6 is 0 Å². The van der Waals surface area contributed by atoms with Crippen LogP contribution in [-0.4, -0.2) is 211 Å².